The molecular formula is C28H21FN2O. The molecule has 0 bridgehead atoms. The van der Waals surface area contributed by atoms with Gasteiger partial charge in [0, 0.05) is 28.1 Å². The van der Waals surface area contributed by atoms with E-state index < -0.39 is 5.41 Å². The van der Waals surface area contributed by atoms with Crippen LogP contribution in [0.4, 0.5) is 27.1 Å². The second kappa shape index (κ2) is 6.54. The minimum atomic E-state index is -1.12. The molecule has 0 aliphatic carbocycles. The fraction of sp³-hybridized carbons (Fsp3) is 0.107. The first-order valence-corrected chi connectivity index (χ1v) is 10.7. The molecule has 4 aromatic rings. The Hall–Kier alpha value is -3.92. The molecule has 6 rings (SSSR count). The average Bonchev–Trinajstić information content (AvgIpc) is 3.07. The molecule has 0 radical (unpaired) electrons. The number of anilines is 4. The number of benzene rings is 4. The first-order chi connectivity index (χ1) is 15.5. The zero-order chi connectivity index (χ0) is 22.0. The topological polar surface area (TPSA) is 32.3 Å². The van der Waals surface area contributed by atoms with Gasteiger partial charge in [-0.25, -0.2) is 4.39 Å². The third-order valence-corrected chi connectivity index (χ3v) is 6.58. The highest BCUT2D eigenvalue weighted by Gasteiger charge is 2.55. The van der Waals surface area contributed by atoms with E-state index in [-0.39, 0.29) is 11.7 Å². The van der Waals surface area contributed by atoms with E-state index in [0.29, 0.717) is 11.3 Å². The van der Waals surface area contributed by atoms with E-state index in [0.717, 1.165) is 39.3 Å². The zero-order valence-corrected chi connectivity index (χ0v) is 17.8. The van der Waals surface area contributed by atoms with Crippen LogP contribution in [0.3, 0.4) is 0 Å². The number of carbonyl (C=O) groups excluding carboxylic acids is 1. The predicted octanol–water partition coefficient (Wildman–Crippen LogP) is 6.51. The van der Waals surface area contributed by atoms with Crippen LogP contribution in [0.1, 0.15) is 27.8 Å². The Morgan fingerprint density at radius 3 is 2.00 bits per heavy atom. The van der Waals surface area contributed by atoms with E-state index >= 15 is 0 Å². The molecule has 0 saturated carbocycles. The van der Waals surface area contributed by atoms with E-state index in [1.54, 1.807) is 6.07 Å². The number of amides is 1. The van der Waals surface area contributed by atoms with E-state index in [2.05, 4.69) is 58.7 Å². The molecular weight excluding hydrogens is 399 g/mol. The third-order valence-electron chi connectivity index (χ3n) is 6.58. The normalized spacial score (nSPS) is 15.2. The summed E-state index contributed by atoms with van der Waals surface area (Å²) in [6.07, 6.45) is 0. The Balaban J connectivity index is 1.79. The van der Waals surface area contributed by atoms with Crippen molar-refractivity contribution in [2.24, 2.45) is 0 Å². The van der Waals surface area contributed by atoms with Crippen LogP contribution < -0.4 is 10.2 Å². The molecule has 0 fully saturated rings. The van der Waals surface area contributed by atoms with Gasteiger partial charge in [0.2, 0.25) is 5.91 Å². The molecule has 0 saturated heterocycles. The first-order valence-electron chi connectivity index (χ1n) is 10.7. The standard InChI is InChI=1S/C28H21FN2O/c1-17-8-12-25-22(14-17)28(21-16-19(29)10-11-24(21)30-27(28)32)23-15-18(2)9-13-26(23)31(25)20-6-4-3-5-7-20/h3-16H,1-2H3,(H,30,32). The van der Waals surface area contributed by atoms with Crippen LogP contribution in [-0.4, -0.2) is 5.91 Å². The van der Waals surface area contributed by atoms with E-state index in [9.17, 15) is 9.18 Å². The highest BCUT2D eigenvalue weighted by Crippen LogP contribution is 2.58. The number of nitrogens with one attached hydrogen (secondary N) is 1. The molecule has 4 heteroatoms. The molecule has 0 aromatic heterocycles. The zero-order valence-electron chi connectivity index (χ0n) is 17.8. The number of fused-ring (bicyclic) bond motifs is 6. The van der Waals surface area contributed by atoms with Gasteiger partial charge in [-0.15, -0.1) is 0 Å². The van der Waals surface area contributed by atoms with Crippen LogP contribution in [0.25, 0.3) is 0 Å². The smallest absolute Gasteiger partial charge is 0.244 e. The summed E-state index contributed by atoms with van der Waals surface area (Å²) in [7, 11) is 0. The Morgan fingerprint density at radius 2 is 1.38 bits per heavy atom. The molecule has 2 aliphatic rings. The van der Waals surface area contributed by atoms with Crippen molar-refractivity contribution in [3.05, 3.63) is 119 Å². The summed E-state index contributed by atoms with van der Waals surface area (Å²) in [6, 6.07) is 27.1. The largest absolute Gasteiger partial charge is 0.324 e. The molecule has 2 heterocycles. The highest BCUT2D eigenvalue weighted by atomic mass is 19.1. The lowest BCUT2D eigenvalue weighted by atomic mass is 9.66. The van der Waals surface area contributed by atoms with Gasteiger partial charge in [-0.1, -0.05) is 53.6 Å². The van der Waals surface area contributed by atoms with E-state index in [1.807, 2.05) is 32.0 Å². The van der Waals surface area contributed by atoms with Gasteiger partial charge in [0.05, 0.1) is 11.4 Å². The van der Waals surface area contributed by atoms with E-state index in [1.165, 1.54) is 12.1 Å². The lowest BCUT2D eigenvalue weighted by Gasteiger charge is -2.43. The molecule has 32 heavy (non-hydrogen) atoms. The number of halogens is 1. The van der Waals surface area contributed by atoms with Crippen molar-refractivity contribution in [1.82, 2.24) is 0 Å². The van der Waals surface area contributed by atoms with Gasteiger partial charge in [0.25, 0.3) is 0 Å². The monoisotopic (exact) mass is 420 g/mol. The summed E-state index contributed by atoms with van der Waals surface area (Å²) in [5.74, 6) is -0.502. The highest BCUT2D eigenvalue weighted by molar-refractivity contribution is 6.15. The van der Waals surface area contributed by atoms with Crippen LogP contribution in [-0.2, 0) is 10.2 Å². The Bertz CT molecular complexity index is 1360. The van der Waals surface area contributed by atoms with Gasteiger partial charge >= 0.3 is 0 Å². The summed E-state index contributed by atoms with van der Waals surface area (Å²) < 4.78 is 14.5. The molecule has 1 spiro atoms. The van der Waals surface area contributed by atoms with Gasteiger partial charge in [-0.3, -0.25) is 4.79 Å². The number of para-hydroxylation sites is 1. The van der Waals surface area contributed by atoms with Crippen molar-refractivity contribution >= 4 is 28.7 Å². The fourth-order valence-electron chi connectivity index (χ4n) is 5.23. The van der Waals surface area contributed by atoms with E-state index in [4.69, 9.17) is 0 Å². The molecule has 156 valence electrons. The van der Waals surface area contributed by atoms with Crippen molar-refractivity contribution < 1.29 is 9.18 Å². The predicted molar refractivity (Wildman–Crippen MR) is 126 cm³/mol. The van der Waals surface area contributed by atoms with Crippen molar-refractivity contribution in [2.45, 2.75) is 19.3 Å². The Labute approximate surface area is 186 Å². The summed E-state index contributed by atoms with van der Waals surface area (Å²) in [5, 5.41) is 3.04. The van der Waals surface area contributed by atoms with Crippen LogP contribution >= 0.6 is 0 Å². The molecule has 1 amide bonds. The van der Waals surface area contributed by atoms with Crippen LogP contribution in [0, 0.1) is 19.7 Å². The Morgan fingerprint density at radius 1 is 0.750 bits per heavy atom. The van der Waals surface area contributed by atoms with Crippen molar-refractivity contribution in [3.63, 3.8) is 0 Å². The lowest BCUT2D eigenvalue weighted by Crippen LogP contribution is -2.42. The average molecular weight is 420 g/mol. The quantitative estimate of drug-likeness (QED) is 0.381. The van der Waals surface area contributed by atoms with Gasteiger partial charge < -0.3 is 10.2 Å². The number of hydrogen-bond donors (Lipinski definition) is 1. The Kier molecular flexibility index (Phi) is 3.84. The maximum absolute atomic E-state index is 14.5. The maximum atomic E-state index is 14.5. The summed E-state index contributed by atoms with van der Waals surface area (Å²) in [4.78, 5) is 16.1. The molecule has 0 atom stereocenters. The van der Waals surface area contributed by atoms with Crippen LogP contribution in [0.5, 0.6) is 0 Å². The van der Waals surface area contributed by atoms with Gasteiger partial charge in [0.1, 0.15) is 11.2 Å². The third kappa shape index (κ3) is 2.38. The van der Waals surface area contributed by atoms with Gasteiger partial charge in [-0.05, 0) is 56.3 Å². The fourth-order valence-corrected chi connectivity index (χ4v) is 5.23. The number of aryl methyl sites for hydroxylation is 2. The molecule has 1 N–H and O–H groups in total. The van der Waals surface area contributed by atoms with Crippen molar-refractivity contribution in [2.75, 3.05) is 10.2 Å². The second-order valence-electron chi connectivity index (χ2n) is 8.61. The van der Waals surface area contributed by atoms with Gasteiger partial charge in [0.15, 0.2) is 0 Å². The van der Waals surface area contributed by atoms with Crippen molar-refractivity contribution in [1.29, 1.82) is 0 Å². The number of hydrogen-bond acceptors (Lipinski definition) is 2. The lowest BCUT2D eigenvalue weighted by molar-refractivity contribution is -0.118. The maximum Gasteiger partial charge on any atom is 0.244 e. The van der Waals surface area contributed by atoms with Crippen LogP contribution in [0.15, 0.2) is 84.9 Å². The van der Waals surface area contributed by atoms with Crippen molar-refractivity contribution in [3.8, 4) is 0 Å². The second-order valence-corrected chi connectivity index (χ2v) is 8.61. The molecule has 0 unspecified atom stereocenters. The van der Waals surface area contributed by atoms with Crippen LogP contribution in [0.2, 0.25) is 0 Å². The number of nitrogens with zero attached hydrogens (tertiary/aromatic N) is 1. The molecule has 3 nitrogen and oxygen atoms in total. The molecule has 2 aliphatic heterocycles. The summed E-state index contributed by atoms with van der Waals surface area (Å²) in [6.45, 7) is 4.04. The minimum Gasteiger partial charge on any atom is -0.324 e. The summed E-state index contributed by atoms with van der Waals surface area (Å²) in [5.41, 5.74) is 6.87. The first kappa shape index (κ1) is 18.8. The summed E-state index contributed by atoms with van der Waals surface area (Å²) >= 11 is 0. The number of carbonyl (C=O) groups is 1. The van der Waals surface area contributed by atoms with Gasteiger partial charge in [-0.2, -0.15) is 0 Å². The molecule has 4 aromatic carbocycles. The minimum absolute atomic E-state index is 0.149. The number of rotatable bonds is 1. The SMILES string of the molecule is Cc1ccc2c(c1)C1(C(=O)Nc3ccc(F)cc31)c1cc(C)ccc1N2c1ccccc1.